The van der Waals surface area contributed by atoms with Gasteiger partial charge in [0.25, 0.3) is 11.5 Å². The normalized spacial score (nSPS) is 11.0. The summed E-state index contributed by atoms with van der Waals surface area (Å²) in [6, 6.07) is 21.2. The maximum Gasteiger partial charge on any atom is 0.271 e. The van der Waals surface area contributed by atoms with E-state index in [9.17, 15) is 9.59 Å². The van der Waals surface area contributed by atoms with Crippen LogP contribution in [0.1, 0.15) is 20.8 Å². The summed E-state index contributed by atoms with van der Waals surface area (Å²) in [4.78, 5) is 31.5. The van der Waals surface area contributed by atoms with Gasteiger partial charge in [-0.25, -0.2) is 9.67 Å². The summed E-state index contributed by atoms with van der Waals surface area (Å²) in [6.45, 7) is 0. The highest BCUT2D eigenvalue weighted by Crippen LogP contribution is 2.19. The second-order valence-corrected chi connectivity index (χ2v) is 8.02. The minimum absolute atomic E-state index is 0.0316. The summed E-state index contributed by atoms with van der Waals surface area (Å²) in [6.07, 6.45) is 5.52. The van der Waals surface area contributed by atoms with E-state index < -0.39 is 11.5 Å². The van der Waals surface area contributed by atoms with Gasteiger partial charge in [0.15, 0.2) is 10.8 Å². The Morgan fingerprint density at radius 1 is 1.00 bits per heavy atom. The number of fused-ring (bicyclic) bond motifs is 1. The number of amides is 1. The van der Waals surface area contributed by atoms with Crippen LogP contribution in [-0.4, -0.2) is 25.1 Å². The molecule has 1 N–H and O–H groups in total. The summed E-state index contributed by atoms with van der Waals surface area (Å²) in [7, 11) is 0. The van der Waals surface area contributed by atoms with Gasteiger partial charge in [-0.15, -0.1) is 11.3 Å². The average Bonchev–Trinajstić information content (AvgIpc) is 3.42. The lowest BCUT2D eigenvalue weighted by molar-refractivity contribution is 0.102. The Morgan fingerprint density at radius 3 is 2.52 bits per heavy atom. The van der Waals surface area contributed by atoms with Crippen LogP contribution in [0.4, 0.5) is 5.82 Å². The van der Waals surface area contributed by atoms with Gasteiger partial charge in [0.05, 0.1) is 5.69 Å². The molecule has 0 aliphatic heterocycles. The maximum atomic E-state index is 12.9. The van der Waals surface area contributed by atoms with Gasteiger partial charge in [-0.1, -0.05) is 48.5 Å². The number of hydrogen-bond acceptors (Lipinski definition) is 5. The van der Waals surface area contributed by atoms with E-state index in [4.69, 9.17) is 0 Å². The first-order chi connectivity index (χ1) is 15.2. The molecule has 3 heterocycles. The van der Waals surface area contributed by atoms with Gasteiger partial charge in [0.2, 0.25) is 0 Å². The van der Waals surface area contributed by atoms with Crippen LogP contribution >= 0.6 is 11.3 Å². The van der Waals surface area contributed by atoms with Gasteiger partial charge in [0, 0.05) is 36.0 Å². The molecule has 0 atom stereocenters. The van der Waals surface area contributed by atoms with E-state index in [2.05, 4.69) is 15.4 Å². The van der Waals surface area contributed by atoms with E-state index >= 15 is 0 Å². The Bertz CT molecular complexity index is 1420. The molecule has 2 aromatic carbocycles. The lowest BCUT2D eigenvalue weighted by Crippen LogP contribution is -2.26. The van der Waals surface area contributed by atoms with Crippen molar-refractivity contribution in [2.45, 2.75) is 6.42 Å². The Balaban J connectivity index is 1.38. The van der Waals surface area contributed by atoms with Crippen molar-refractivity contribution in [3.63, 3.8) is 0 Å². The largest absolute Gasteiger partial charge is 0.305 e. The molecule has 5 aromatic rings. The molecule has 31 heavy (non-hydrogen) atoms. The van der Waals surface area contributed by atoms with E-state index in [0.29, 0.717) is 17.2 Å². The molecule has 1 amide bonds. The quantitative estimate of drug-likeness (QED) is 0.463. The molecule has 8 heteroatoms. The van der Waals surface area contributed by atoms with E-state index in [1.165, 1.54) is 21.9 Å². The lowest BCUT2D eigenvalue weighted by Gasteiger charge is -2.02. The topological polar surface area (TPSA) is 81.3 Å². The first-order valence-corrected chi connectivity index (χ1v) is 10.5. The molecule has 0 unspecified atom stereocenters. The first kappa shape index (κ1) is 19.0. The molecule has 3 aromatic heterocycles. The second-order valence-electron chi connectivity index (χ2n) is 6.92. The number of nitrogens with zero attached hydrogens (tertiary/aromatic N) is 4. The van der Waals surface area contributed by atoms with Crippen molar-refractivity contribution >= 4 is 28.0 Å². The number of nitrogens with one attached hydrogen (secondary N) is 1. The van der Waals surface area contributed by atoms with Crippen molar-refractivity contribution in [3.8, 4) is 5.69 Å². The zero-order chi connectivity index (χ0) is 21.2. The van der Waals surface area contributed by atoms with Crippen LogP contribution in [-0.2, 0) is 6.42 Å². The van der Waals surface area contributed by atoms with Gasteiger partial charge in [0.1, 0.15) is 5.56 Å². The number of thiazole rings is 1. The van der Waals surface area contributed by atoms with E-state index in [1.54, 1.807) is 23.1 Å². The Kier molecular flexibility index (Phi) is 4.89. The summed E-state index contributed by atoms with van der Waals surface area (Å²) in [5.41, 5.74) is 1.58. The predicted molar refractivity (Wildman–Crippen MR) is 120 cm³/mol. The molecule has 0 saturated carbocycles. The number of hydrogen-bond donors (Lipinski definition) is 1. The molecule has 152 valence electrons. The number of aromatic nitrogens is 4. The van der Waals surface area contributed by atoms with Crippen LogP contribution in [0, 0.1) is 0 Å². The Hall–Kier alpha value is -4.04. The summed E-state index contributed by atoms with van der Waals surface area (Å²) >= 11 is 1.44. The molecule has 0 radical (unpaired) electrons. The Morgan fingerprint density at radius 2 is 1.74 bits per heavy atom. The smallest absolute Gasteiger partial charge is 0.271 e. The van der Waals surface area contributed by atoms with Crippen LogP contribution < -0.4 is 10.9 Å². The fraction of sp³-hybridized carbons (Fsp3) is 0.0435. The highest BCUT2D eigenvalue weighted by Gasteiger charge is 2.16. The molecule has 5 rings (SSSR count). The molecule has 0 spiro atoms. The highest BCUT2D eigenvalue weighted by molar-refractivity contribution is 7.17. The SMILES string of the molecule is O=C(Nc1ccn(-c2ccccc2)n1)c1cnc2sc(Cc3ccccc3)cn2c1=O. The predicted octanol–water partition coefficient (Wildman–Crippen LogP) is 3.78. The number of carbonyl (C=O) groups excluding carboxylic acids is 1. The van der Waals surface area contributed by atoms with Gasteiger partial charge in [-0.3, -0.25) is 14.0 Å². The van der Waals surface area contributed by atoms with Crippen molar-refractivity contribution in [1.29, 1.82) is 0 Å². The third-order valence-electron chi connectivity index (χ3n) is 4.77. The van der Waals surface area contributed by atoms with E-state index in [1.807, 2.05) is 60.7 Å². The molecule has 0 aliphatic carbocycles. The van der Waals surface area contributed by atoms with Crippen molar-refractivity contribution in [1.82, 2.24) is 19.2 Å². The zero-order valence-electron chi connectivity index (χ0n) is 16.3. The third kappa shape index (κ3) is 3.88. The van der Waals surface area contributed by atoms with Crippen molar-refractivity contribution in [2.75, 3.05) is 5.32 Å². The number of rotatable bonds is 5. The fourth-order valence-electron chi connectivity index (χ4n) is 3.26. The van der Waals surface area contributed by atoms with Crippen LogP contribution in [0.3, 0.4) is 0 Å². The zero-order valence-corrected chi connectivity index (χ0v) is 17.1. The highest BCUT2D eigenvalue weighted by atomic mass is 32.1. The molecule has 0 aliphatic rings. The number of benzene rings is 2. The van der Waals surface area contributed by atoms with E-state index in [0.717, 1.165) is 16.1 Å². The molecule has 7 nitrogen and oxygen atoms in total. The minimum atomic E-state index is -0.541. The van der Waals surface area contributed by atoms with Gasteiger partial charge >= 0.3 is 0 Å². The number of para-hydroxylation sites is 1. The number of carbonyl (C=O) groups is 1. The maximum absolute atomic E-state index is 12.9. The van der Waals surface area contributed by atoms with Gasteiger partial charge in [-0.2, -0.15) is 5.10 Å². The van der Waals surface area contributed by atoms with Gasteiger partial charge in [-0.05, 0) is 17.7 Å². The minimum Gasteiger partial charge on any atom is -0.305 e. The van der Waals surface area contributed by atoms with Crippen molar-refractivity contribution in [3.05, 3.63) is 112 Å². The molecule has 0 fully saturated rings. The molecular formula is C23H17N5O2S. The Labute approximate surface area is 181 Å². The van der Waals surface area contributed by atoms with Crippen molar-refractivity contribution < 1.29 is 4.79 Å². The van der Waals surface area contributed by atoms with Crippen LogP contribution in [0.5, 0.6) is 0 Å². The lowest BCUT2D eigenvalue weighted by atomic mass is 10.1. The second kappa shape index (κ2) is 8.00. The monoisotopic (exact) mass is 427 g/mol. The first-order valence-electron chi connectivity index (χ1n) is 9.64. The van der Waals surface area contributed by atoms with Crippen LogP contribution in [0.2, 0.25) is 0 Å². The van der Waals surface area contributed by atoms with Crippen LogP contribution in [0.25, 0.3) is 10.6 Å². The van der Waals surface area contributed by atoms with E-state index in [-0.39, 0.29) is 5.56 Å². The molecule has 0 bridgehead atoms. The summed E-state index contributed by atoms with van der Waals surface area (Å²) < 4.78 is 3.08. The standard InChI is InChI=1S/C23H17N5O2S/c29-21(25-20-11-12-28(26-20)17-9-5-2-6-10-17)19-14-24-23-27(22(19)30)15-18(31-23)13-16-7-3-1-4-8-16/h1-12,14-15H,13H2,(H,25,26,29). The van der Waals surface area contributed by atoms with Crippen LogP contribution in [0.15, 0.2) is 90.1 Å². The summed E-state index contributed by atoms with van der Waals surface area (Å²) in [5, 5.41) is 7.03. The summed E-state index contributed by atoms with van der Waals surface area (Å²) in [5.74, 6) is -0.186. The van der Waals surface area contributed by atoms with Crippen molar-refractivity contribution in [2.24, 2.45) is 0 Å². The fourth-order valence-corrected chi connectivity index (χ4v) is 4.23. The third-order valence-corrected chi connectivity index (χ3v) is 5.77. The molecular weight excluding hydrogens is 410 g/mol. The average molecular weight is 427 g/mol. The molecule has 0 saturated heterocycles. The number of anilines is 1. The van der Waals surface area contributed by atoms with Gasteiger partial charge < -0.3 is 5.32 Å².